The minimum absolute atomic E-state index is 0.762. The van der Waals surface area contributed by atoms with Crippen LogP contribution in [0.4, 0.5) is 0 Å². The summed E-state index contributed by atoms with van der Waals surface area (Å²) in [6.07, 6.45) is 8.34. The van der Waals surface area contributed by atoms with Gasteiger partial charge in [-0.3, -0.25) is 0 Å². The van der Waals surface area contributed by atoms with Crippen molar-refractivity contribution in [1.82, 2.24) is 0 Å². The third kappa shape index (κ3) is 2.93. The van der Waals surface area contributed by atoms with Crippen LogP contribution in [0.5, 0.6) is 0 Å². The van der Waals surface area contributed by atoms with Crippen molar-refractivity contribution in [1.29, 1.82) is 0 Å². The van der Waals surface area contributed by atoms with Gasteiger partial charge in [-0.15, -0.1) is 0 Å². The summed E-state index contributed by atoms with van der Waals surface area (Å²) in [6, 6.07) is 0. The summed E-state index contributed by atoms with van der Waals surface area (Å²) in [5.74, 6) is 1.77. The Kier molecular flexibility index (Phi) is 4.34. The normalized spacial score (nSPS) is 30.2. The van der Waals surface area contributed by atoms with Crippen LogP contribution in [0.2, 0.25) is 0 Å². The van der Waals surface area contributed by atoms with E-state index in [2.05, 4.69) is 29.4 Å². The Bertz CT molecular complexity index is 143. The van der Waals surface area contributed by atoms with Crippen LogP contribution in [0.3, 0.4) is 0 Å². The molecular formula is C11H19Br. The highest BCUT2D eigenvalue weighted by atomic mass is 79.9. The molecule has 0 nitrogen and oxygen atoms in total. The quantitative estimate of drug-likeness (QED) is 0.670. The first-order valence-corrected chi connectivity index (χ1v) is 5.87. The van der Waals surface area contributed by atoms with Crippen LogP contribution in [-0.2, 0) is 0 Å². The van der Waals surface area contributed by atoms with Gasteiger partial charge >= 0.3 is 0 Å². The summed E-state index contributed by atoms with van der Waals surface area (Å²) in [5.41, 5.74) is 0. The molecule has 0 aliphatic heterocycles. The van der Waals surface area contributed by atoms with Gasteiger partial charge in [-0.2, -0.15) is 0 Å². The van der Waals surface area contributed by atoms with Gasteiger partial charge in [0.15, 0.2) is 0 Å². The maximum atomic E-state index is 3.97. The molecule has 0 radical (unpaired) electrons. The molecule has 70 valence electrons. The van der Waals surface area contributed by atoms with Crippen LogP contribution in [0.1, 0.15) is 45.4 Å². The first-order chi connectivity index (χ1) is 5.74. The van der Waals surface area contributed by atoms with Gasteiger partial charge in [-0.05, 0) is 42.0 Å². The Morgan fingerprint density at radius 3 is 2.33 bits per heavy atom. The lowest BCUT2D eigenvalue weighted by Crippen LogP contribution is -2.14. The van der Waals surface area contributed by atoms with Crippen molar-refractivity contribution in [3.8, 4) is 0 Å². The number of hydrogen-bond donors (Lipinski definition) is 0. The van der Waals surface area contributed by atoms with E-state index >= 15 is 0 Å². The maximum absolute atomic E-state index is 3.97. The van der Waals surface area contributed by atoms with Crippen LogP contribution >= 0.6 is 15.9 Å². The Morgan fingerprint density at radius 2 is 1.92 bits per heavy atom. The fourth-order valence-electron chi connectivity index (χ4n) is 2.17. The van der Waals surface area contributed by atoms with E-state index in [0.29, 0.717) is 0 Å². The average molecular weight is 231 g/mol. The van der Waals surface area contributed by atoms with Crippen LogP contribution in [-0.4, -0.2) is 0 Å². The molecular weight excluding hydrogens is 212 g/mol. The van der Waals surface area contributed by atoms with E-state index in [4.69, 9.17) is 0 Å². The Balaban J connectivity index is 2.25. The fourth-order valence-corrected chi connectivity index (χ4v) is 2.63. The molecule has 0 unspecified atom stereocenters. The lowest BCUT2D eigenvalue weighted by Gasteiger charge is -2.27. The summed E-state index contributed by atoms with van der Waals surface area (Å²) in [7, 11) is 0. The third-order valence-electron chi connectivity index (χ3n) is 2.99. The van der Waals surface area contributed by atoms with Crippen LogP contribution in [0.15, 0.2) is 11.1 Å². The third-order valence-corrected chi connectivity index (χ3v) is 3.63. The number of rotatable bonds is 3. The second-order valence-corrected chi connectivity index (χ2v) is 4.97. The number of hydrogen-bond acceptors (Lipinski definition) is 0. The van der Waals surface area contributed by atoms with Crippen molar-refractivity contribution in [2.24, 2.45) is 11.8 Å². The molecule has 0 atom stereocenters. The van der Waals surface area contributed by atoms with E-state index < -0.39 is 0 Å². The van der Waals surface area contributed by atoms with E-state index in [1.165, 1.54) is 43.0 Å². The molecule has 1 fully saturated rings. The fraction of sp³-hybridized carbons (Fsp3) is 0.818. The van der Waals surface area contributed by atoms with E-state index in [-0.39, 0.29) is 0 Å². The van der Waals surface area contributed by atoms with Crippen molar-refractivity contribution in [2.75, 3.05) is 0 Å². The van der Waals surface area contributed by atoms with Gasteiger partial charge in [0.05, 0.1) is 0 Å². The summed E-state index contributed by atoms with van der Waals surface area (Å²) in [4.78, 5) is 0. The first kappa shape index (κ1) is 10.3. The van der Waals surface area contributed by atoms with E-state index in [1.807, 2.05) is 0 Å². The highest BCUT2D eigenvalue weighted by molar-refractivity contribution is 9.11. The Hall–Kier alpha value is 0.220. The molecule has 1 saturated carbocycles. The van der Waals surface area contributed by atoms with E-state index in [0.717, 1.165) is 11.8 Å². The highest BCUT2D eigenvalue weighted by Gasteiger charge is 2.21. The van der Waals surface area contributed by atoms with Crippen molar-refractivity contribution in [2.45, 2.75) is 45.4 Å². The molecule has 12 heavy (non-hydrogen) atoms. The zero-order valence-electron chi connectivity index (χ0n) is 7.98. The largest absolute Gasteiger partial charge is 0.0886 e. The molecule has 0 saturated heterocycles. The van der Waals surface area contributed by atoms with Gasteiger partial charge < -0.3 is 0 Å². The van der Waals surface area contributed by atoms with Crippen LogP contribution in [0, 0.1) is 11.8 Å². The molecule has 1 rings (SSSR count). The van der Waals surface area contributed by atoms with Crippen molar-refractivity contribution in [3.63, 3.8) is 0 Å². The van der Waals surface area contributed by atoms with Crippen molar-refractivity contribution < 1.29 is 0 Å². The summed E-state index contributed by atoms with van der Waals surface area (Å²) >= 11 is 3.50. The van der Waals surface area contributed by atoms with Gasteiger partial charge in [0.2, 0.25) is 0 Å². The van der Waals surface area contributed by atoms with Gasteiger partial charge in [-0.25, -0.2) is 0 Å². The standard InChI is InChI=1S/C11H19Br/c1-3-4-10-5-7-11(8-6-10)9(2)12/h10-11H,2-8H2,1H3. The average Bonchev–Trinajstić information content (AvgIpc) is 2.06. The molecule has 0 aromatic heterocycles. The molecule has 0 spiro atoms. The zero-order valence-corrected chi connectivity index (χ0v) is 9.57. The summed E-state index contributed by atoms with van der Waals surface area (Å²) < 4.78 is 1.22. The molecule has 0 aromatic carbocycles. The van der Waals surface area contributed by atoms with Gasteiger partial charge in [0, 0.05) is 0 Å². The molecule has 0 aromatic rings. The van der Waals surface area contributed by atoms with E-state index in [1.54, 1.807) is 0 Å². The van der Waals surface area contributed by atoms with Crippen LogP contribution < -0.4 is 0 Å². The summed E-state index contributed by atoms with van der Waals surface area (Å²) in [5, 5.41) is 0. The second kappa shape index (κ2) is 5.06. The molecule has 1 aliphatic carbocycles. The molecule has 0 bridgehead atoms. The SMILES string of the molecule is C=C(Br)C1CCC(CCC)CC1. The topological polar surface area (TPSA) is 0 Å². The first-order valence-electron chi connectivity index (χ1n) is 5.08. The Labute approximate surface area is 84.6 Å². The zero-order chi connectivity index (χ0) is 8.97. The molecule has 1 heteroatoms. The highest BCUT2D eigenvalue weighted by Crippen LogP contribution is 2.36. The second-order valence-electron chi connectivity index (χ2n) is 3.95. The lowest BCUT2D eigenvalue weighted by atomic mass is 9.80. The summed E-state index contributed by atoms with van der Waals surface area (Å²) in [6.45, 7) is 6.25. The maximum Gasteiger partial charge on any atom is -0.00902 e. The van der Waals surface area contributed by atoms with Gasteiger partial charge in [0.1, 0.15) is 0 Å². The van der Waals surface area contributed by atoms with E-state index in [9.17, 15) is 0 Å². The minimum Gasteiger partial charge on any atom is -0.0886 e. The smallest absolute Gasteiger partial charge is 0.00902 e. The molecule has 1 aliphatic rings. The molecule has 0 heterocycles. The molecule has 0 N–H and O–H groups in total. The lowest BCUT2D eigenvalue weighted by molar-refractivity contribution is 0.293. The number of allylic oxidation sites excluding steroid dienone is 1. The van der Waals surface area contributed by atoms with Crippen molar-refractivity contribution in [3.05, 3.63) is 11.1 Å². The van der Waals surface area contributed by atoms with Gasteiger partial charge in [0.25, 0.3) is 0 Å². The predicted molar refractivity (Wildman–Crippen MR) is 58.4 cm³/mol. The van der Waals surface area contributed by atoms with Gasteiger partial charge in [-0.1, -0.05) is 42.3 Å². The minimum atomic E-state index is 0.762. The molecule has 0 amide bonds. The van der Waals surface area contributed by atoms with Crippen molar-refractivity contribution >= 4 is 15.9 Å². The van der Waals surface area contributed by atoms with Crippen LogP contribution in [0.25, 0.3) is 0 Å². The number of halogens is 1. The predicted octanol–water partition coefficient (Wildman–Crippen LogP) is 4.50. The Morgan fingerprint density at radius 1 is 1.33 bits per heavy atom. The monoisotopic (exact) mass is 230 g/mol.